The van der Waals surface area contributed by atoms with Crippen molar-refractivity contribution in [2.75, 3.05) is 25.5 Å². The van der Waals surface area contributed by atoms with Crippen molar-refractivity contribution < 1.29 is 22.7 Å². The van der Waals surface area contributed by atoms with Gasteiger partial charge in [-0.2, -0.15) is 0 Å². The van der Waals surface area contributed by atoms with Crippen molar-refractivity contribution in [3.63, 3.8) is 0 Å². The summed E-state index contributed by atoms with van der Waals surface area (Å²) in [7, 11) is -2.32. The summed E-state index contributed by atoms with van der Waals surface area (Å²) in [6.07, 6.45) is 1.17. The second-order valence-electron chi connectivity index (χ2n) is 7.50. The summed E-state index contributed by atoms with van der Waals surface area (Å²) in [5.41, 5.74) is 2.00. The molecule has 1 aliphatic rings. The maximum absolute atomic E-state index is 12.9. The third-order valence-corrected chi connectivity index (χ3v) is 7.60. The fraction of sp³-hybridized carbons (Fsp3) is 0.364. The van der Waals surface area contributed by atoms with Gasteiger partial charge >= 0.3 is 5.97 Å². The highest BCUT2D eigenvalue weighted by Gasteiger charge is 2.33. The summed E-state index contributed by atoms with van der Waals surface area (Å²) in [5, 5.41) is 3.24. The van der Waals surface area contributed by atoms with Crippen LogP contribution in [0.3, 0.4) is 0 Å². The molecule has 31 heavy (non-hydrogen) atoms. The van der Waals surface area contributed by atoms with E-state index in [1.165, 1.54) is 11.4 Å². The normalized spacial score (nSPS) is 17.2. The second kappa shape index (κ2) is 9.80. The van der Waals surface area contributed by atoms with Gasteiger partial charge in [-0.25, -0.2) is 17.5 Å². The number of esters is 1. The van der Waals surface area contributed by atoms with Gasteiger partial charge in [0.25, 0.3) is 0 Å². The van der Waals surface area contributed by atoms with Crippen LogP contribution in [0, 0.1) is 12.8 Å². The summed E-state index contributed by atoms with van der Waals surface area (Å²) in [6, 6.07) is 11.8. The Bertz CT molecular complexity index is 1090. The molecule has 2 aromatic rings. The van der Waals surface area contributed by atoms with Crippen molar-refractivity contribution in [3.05, 3.63) is 64.2 Å². The quantitative estimate of drug-likeness (QED) is 0.659. The molecule has 2 aromatic carbocycles. The number of piperidine rings is 1. The predicted octanol–water partition coefficient (Wildman–Crippen LogP) is 3.62. The average Bonchev–Trinajstić information content (AvgIpc) is 2.76. The Hall–Kier alpha value is -2.42. The lowest BCUT2D eigenvalue weighted by Gasteiger charge is -2.31. The third-order valence-electron chi connectivity index (χ3n) is 5.44. The maximum Gasteiger partial charge on any atom is 0.338 e. The van der Waals surface area contributed by atoms with Crippen LogP contribution in [0.25, 0.3) is 0 Å². The van der Waals surface area contributed by atoms with Crippen molar-refractivity contribution in [3.8, 4) is 0 Å². The molecule has 1 atom stereocenters. The first kappa shape index (κ1) is 23.2. The van der Waals surface area contributed by atoms with Gasteiger partial charge in [0.05, 0.1) is 24.3 Å². The van der Waals surface area contributed by atoms with Crippen LogP contribution in [-0.2, 0) is 25.3 Å². The third kappa shape index (κ3) is 5.44. The molecule has 1 fully saturated rings. The van der Waals surface area contributed by atoms with Crippen LogP contribution in [0.4, 0.5) is 5.69 Å². The Labute approximate surface area is 187 Å². The number of nitrogens with zero attached hydrogens (tertiary/aromatic N) is 1. The van der Waals surface area contributed by atoms with Crippen LogP contribution in [0.2, 0.25) is 5.02 Å². The van der Waals surface area contributed by atoms with E-state index in [1.807, 2.05) is 0 Å². The maximum atomic E-state index is 12.9. The number of nitrogens with one attached hydrogen (secondary N) is 1. The van der Waals surface area contributed by atoms with Crippen molar-refractivity contribution in [1.82, 2.24) is 4.31 Å². The summed E-state index contributed by atoms with van der Waals surface area (Å²) in [4.78, 5) is 24.8. The van der Waals surface area contributed by atoms with Crippen LogP contribution in [-0.4, -0.2) is 44.8 Å². The highest BCUT2D eigenvalue weighted by molar-refractivity contribution is 7.88. The lowest BCUT2D eigenvalue weighted by molar-refractivity contribution is -0.120. The number of rotatable bonds is 6. The molecule has 1 amide bonds. The fourth-order valence-electron chi connectivity index (χ4n) is 3.65. The Kier molecular flexibility index (Phi) is 7.35. The number of amides is 1. The number of carbonyl (C=O) groups is 2. The van der Waals surface area contributed by atoms with Gasteiger partial charge in [0.2, 0.25) is 15.9 Å². The summed E-state index contributed by atoms with van der Waals surface area (Å²) < 4.78 is 32.0. The number of hydrogen-bond acceptors (Lipinski definition) is 5. The zero-order valence-corrected chi connectivity index (χ0v) is 19.0. The molecular formula is C22H25ClN2O5S. The minimum absolute atomic E-state index is 0.106. The number of halogens is 1. The van der Waals surface area contributed by atoms with Crippen LogP contribution in [0.1, 0.15) is 34.3 Å². The topological polar surface area (TPSA) is 92.8 Å². The van der Waals surface area contributed by atoms with Gasteiger partial charge in [0.1, 0.15) is 0 Å². The first-order valence-electron chi connectivity index (χ1n) is 9.93. The van der Waals surface area contributed by atoms with Crippen LogP contribution < -0.4 is 5.32 Å². The van der Waals surface area contributed by atoms with Gasteiger partial charge in [-0.15, -0.1) is 0 Å². The van der Waals surface area contributed by atoms with E-state index in [-0.39, 0.29) is 18.2 Å². The molecule has 3 rings (SSSR count). The van der Waals surface area contributed by atoms with E-state index in [2.05, 4.69) is 5.32 Å². The number of methoxy groups -OCH3 is 1. The van der Waals surface area contributed by atoms with Gasteiger partial charge < -0.3 is 10.1 Å². The highest BCUT2D eigenvalue weighted by Crippen LogP contribution is 2.26. The highest BCUT2D eigenvalue weighted by atomic mass is 35.5. The second-order valence-corrected chi connectivity index (χ2v) is 9.88. The van der Waals surface area contributed by atoms with Crippen LogP contribution in [0.5, 0.6) is 0 Å². The molecule has 9 heteroatoms. The van der Waals surface area contributed by atoms with Crippen molar-refractivity contribution in [2.45, 2.75) is 25.5 Å². The van der Waals surface area contributed by atoms with Crippen molar-refractivity contribution in [2.24, 2.45) is 5.92 Å². The van der Waals surface area contributed by atoms with E-state index >= 15 is 0 Å². The number of benzene rings is 2. The standard InChI is InChI=1S/C22H25ClN2O5S/c1-15-18(22(27)30-2)9-5-11-20(15)24-21(26)16-8-6-12-25(13-16)31(28,29)14-17-7-3-4-10-19(17)23/h3-5,7,9-11,16H,6,8,12-14H2,1-2H3,(H,24,26). The van der Waals surface area contributed by atoms with E-state index < -0.39 is 21.9 Å². The van der Waals surface area contributed by atoms with Gasteiger partial charge in [-0.3, -0.25) is 4.79 Å². The number of anilines is 1. The molecule has 1 saturated heterocycles. The minimum atomic E-state index is -3.62. The summed E-state index contributed by atoms with van der Waals surface area (Å²) >= 11 is 6.12. The molecule has 1 aliphatic heterocycles. The summed E-state index contributed by atoms with van der Waals surface area (Å²) in [5.74, 6) is -1.46. The van der Waals surface area contributed by atoms with Crippen molar-refractivity contribution >= 4 is 39.2 Å². The van der Waals surface area contributed by atoms with E-state index in [9.17, 15) is 18.0 Å². The Balaban J connectivity index is 1.71. The van der Waals surface area contributed by atoms with E-state index in [0.717, 1.165) is 0 Å². The lowest BCUT2D eigenvalue weighted by atomic mass is 9.98. The SMILES string of the molecule is COC(=O)c1cccc(NC(=O)C2CCCN(S(=O)(=O)Cc3ccccc3Cl)C2)c1C. The zero-order chi connectivity index (χ0) is 22.6. The van der Waals surface area contributed by atoms with E-state index in [0.29, 0.717) is 46.8 Å². The molecule has 0 aromatic heterocycles. The molecule has 1 heterocycles. The monoisotopic (exact) mass is 464 g/mol. The molecule has 0 bridgehead atoms. The van der Waals surface area contributed by atoms with Crippen molar-refractivity contribution in [1.29, 1.82) is 0 Å². The first-order chi connectivity index (χ1) is 14.7. The van der Waals surface area contributed by atoms with E-state index in [4.69, 9.17) is 16.3 Å². The largest absolute Gasteiger partial charge is 0.465 e. The Morgan fingerprint density at radius 2 is 1.94 bits per heavy atom. The lowest BCUT2D eigenvalue weighted by Crippen LogP contribution is -2.44. The number of ether oxygens (including phenoxy) is 1. The molecule has 166 valence electrons. The fourth-order valence-corrected chi connectivity index (χ4v) is 5.57. The molecule has 0 radical (unpaired) electrons. The molecule has 7 nitrogen and oxygen atoms in total. The zero-order valence-electron chi connectivity index (χ0n) is 17.4. The molecule has 0 aliphatic carbocycles. The average molecular weight is 465 g/mol. The van der Waals surface area contributed by atoms with Gasteiger partial charge in [-0.1, -0.05) is 35.9 Å². The molecular weight excluding hydrogens is 440 g/mol. The first-order valence-corrected chi connectivity index (χ1v) is 11.9. The summed E-state index contributed by atoms with van der Waals surface area (Å²) in [6.45, 7) is 2.20. The Morgan fingerprint density at radius 1 is 1.19 bits per heavy atom. The molecule has 0 saturated carbocycles. The molecule has 0 spiro atoms. The number of sulfonamides is 1. The molecule has 1 unspecified atom stereocenters. The van der Waals surface area contributed by atoms with Gasteiger partial charge in [0, 0.05) is 23.8 Å². The predicted molar refractivity (Wildman–Crippen MR) is 120 cm³/mol. The van der Waals surface area contributed by atoms with Gasteiger partial charge in [-0.05, 0) is 49.1 Å². The van der Waals surface area contributed by atoms with Gasteiger partial charge in [0.15, 0.2) is 0 Å². The smallest absolute Gasteiger partial charge is 0.338 e. The Morgan fingerprint density at radius 3 is 2.65 bits per heavy atom. The van der Waals surface area contributed by atoms with Crippen LogP contribution in [0.15, 0.2) is 42.5 Å². The number of hydrogen-bond donors (Lipinski definition) is 1. The molecule has 1 N–H and O–H groups in total. The van der Waals surface area contributed by atoms with Crippen LogP contribution >= 0.6 is 11.6 Å². The number of carbonyl (C=O) groups excluding carboxylic acids is 2. The minimum Gasteiger partial charge on any atom is -0.465 e. The van der Waals surface area contributed by atoms with E-state index in [1.54, 1.807) is 49.4 Å².